The molecule has 1 N–H and O–H groups in total. The number of rotatable bonds is 2. The third-order valence-corrected chi connectivity index (χ3v) is 2.79. The largest absolute Gasteiger partial charge is 0.460 e. The maximum Gasteiger partial charge on any atom is 0.378 e. The molecule has 0 aliphatic carbocycles. The number of ether oxygens (including phenoxy) is 1. The zero-order valence-corrected chi connectivity index (χ0v) is 10.5. The summed E-state index contributed by atoms with van der Waals surface area (Å²) < 4.78 is 6.49. The van der Waals surface area contributed by atoms with Crippen molar-refractivity contribution in [3.05, 3.63) is 40.4 Å². The number of carbonyl (C=O) groups excluding carboxylic acids is 1. The first-order chi connectivity index (χ1) is 9.63. The van der Waals surface area contributed by atoms with Crippen molar-refractivity contribution in [2.75, 3.05) is 6.61 Å². The maximum atomic E-state index is 12.0. The van der Waals surface area contributed by atoms with Crippen LogP contribution in [0.4, 0.5) is 0 Å². The van der Waals surface area contributed by atoms with Crippen molar-refractivity contribution in [3.8, 4) is 0 Å². The normalized spacial score (nSPS) is 11.1. The molecule has 0 bridgehead atoms. The zero-order chi connectivity index (χ0) is 14.3. The maximum absolute atomic E-state index is 12.0. The van der Waals surface area contributed by atoms with Gasteiger partial charge in [0.1, 0.15) is 5.52 Å². The van der Waals surface area contributed by atoms with Crippen LogP contribution in [0.15, 0.2) is 29.1 Å². The van der Waals surface area contributed by atoms with Gasteiger partial charge in [0.25, 0.3) is 5.82 Å². The second-order valence-corrected chi connectivity index (χ2v) is 4.00. The number of esters is 1. The Morgan fingerprint density at radius 3 is 2.75 bits per heavy atom. The minimum absolute atomic E-state index is 0.144. The van der Waals surface area contributed by atoms with Gasteiger partial charge in [-0.2, -0.15) is 4.98 Å². The fourth-order valence-corrected chi connectivity index (χ4v) is 1.93. The molecular formula is C12H10N4O4. The summed E-state index contributed by atoms with van der Waals surface area (Å²) in [6.45, 7) is 1.84. The molecule has 0 unspecified atom stereocenters. The molecule has 0 saturated heterocycles. The Hall–Kier alpha value is -2.90. The summed E-state index contributed by atoms with van der Waals surface area (Å²) in [7, 11) is 0. The fraction of sp³-hybridized carbons (Fsp3) is 0.167. The molecule has 3 rings (SSSR count). The van der Waals surface area contributed by atoms with Crippen LogP contribution in [0.3, 0.4) is 0 Å². The van der Waals surface area contributed by atoms with Gasteiger partial charge in [-0.25, -0.2) is 9.31 Å². The summed E-state index contributed by atoms with van der Waals surface area (Å²) >= 11 is 0. The smallest absolute Gasteiger partial charge is 0.378 e. The van der Waals surface area contributed by atoms with E-state index in [2.05, 4.69) is 10.1 Å². The Bertz CT molecular complexity index is 880. The highest BCUT2D eigenvalue weighted by Crippen LogP contribution is 2.12. The zero-order valence-electron chi connectivity index (χ0n) is 10.5. The number of hydrogen-bond acceptors (Lipinski definition) is 6. The van der Waals surface area contributed by atoms with Crippen molar-refractivity contribution in [2.24, 2.45) is 0 Å². The minimum atomic E-state index is -0.758. The highest BCUT2D eigenvalue weighted by molar-refractivity contribution is 5.86. The summed E-state index contributed by atoms with van der Waals surface area (Å²) in [6.07, 6.45) is 0. The minimum Gasteiger partial charge on any atom is -0.460 e. The van der Waals surface area contributed by atoms with E-state index < -0.39 is 11.5 Å². The van der Waals surface area contributed by atoms with Gasteiger partial charge in [-0.3, -0.25) is 4.79 Å². The molecule has 8 heteroatoms. The lowest BCUT2D eigenvalue weighted by Gasteiger charge is -2.03. The van der Waals surface area contributed by atoms with E-state index in [1.54, 1.807) is 31.2 Å². The fourth-order valence-electron chi connectivity index (χ4n) is 1.93. The van der Waals surface area contributed by atoms with E-state index in [0.717, 1.165) is 0 Å². The SMILES string of the molecule is CCOC(=O)c1nc2c(=O)n(O)c3ccccc3n2n1. The lowest BCUT2D eigenvalue weighted by Crippen LogP contribution is -2.21. The predicted octanol–water partition coefficient (Wildman–Crippen LogP) is 0.458. The van der Waals surface area contributed by atoms with Crippen molar-refractivity contribution in [2.45, 2.75) is 6.92 Å². The molecule has 0 aliphatic heterocycles. The molecule has 8 nitrogen and oxygen atoms in total. The van der Waals surface area contributed by atoms with Crippen LogP contribution in [-0.4, -0.2) is 37.1 Å². The van der Waals surface area contributed by atoms with Crippen molar-refractivity contribution < 1.29 is 14.7 Å². The van der Waals surface area contributed by atoms with Gasteiger partial charge in [-0.15, -0.1) is 9.83 Å². The van der Waals surface area contributed by atoms with Crippen LogP contribution in [0.2, 0.25) is 0 Å². The quantitative estimate of drug-likeness (QED) is 0.538. The first kappa shape index (κ1) is 12.2. The van der Waals surface area contributed by atoms with Crippen LogP contribution >= 0.6 is 0 Å². The number of hydrogen-bond donors (Lipinski definition) is 1. The molecule has 0 fully saturated rings. The molecule has 0 atom stereocenters. The predicted molar refractivity (Wildman–Crippen MR) is 67.9 cm³/mol. The van der Waals surface area contributed by atoms with Crippen LogP contribution in [-0.2, 0) is 4.74 Å². The molecule has 2 heterocycles. The molecule has 2 aromatic heterocycles. The molecular weight excluding hydrogens is 264 g/mol. The van der Waals surface area contributed by atoms with Crippen LogP contribution in [0.5, 0.6) is 0 Å². The van der Waals surface area contributed by atoms with Crippen LogP contribution in [0.25, 0.3) is 16.7 Å². The average Bonchev–Trinajstić information content (AvgIpc) is 2.90. The highest BCUT2D eigenvalue weighted by atomic mass is 16.5. The Morgan fingerprint density at radius 1 is 1.35 bits per heavy atom. The number of para-hydroxylation sites is 2. The molecule has 1 aromatic carbocycles. The number of nitrogens with zero attached hydrogens (tertiary/aromatic N) is 4. The summed E-state index contributed by atoms with van der Waals surface area (Å²) in [4.78, 5) is 27.4. The Labute approximate surface area is 111 Å². The number of carbonyl (C=O) groups is 1. The van der Waals surface area contributed by atoms with Crippen molar-refractivity contribution >= 4 is 22.6 Å². The molecule has 0 radical (unpaired) electrons. The first-order valence-corrected chi connectivity index (χ1v) is 5.90. The Kier molecular flexibility index (Phi) is 2.63. The van der Waals surface area contributed by atoms with E-state index in [9.17, 15) is 14.8 Å². The number of benzene rings is 1. The molecule has 0 amide bonds. The highest BCUT2D eigenvalue weighted by Gasteiger charge is 2.19. The summed E-state index contributed by atoms with van der Waals surface area (Å²) in [5, 5.41) is 13.8. The first-order valence-electron chi connectivity index (χ1n) is 5.90. The van der Waals surface area contributed by atoms with Gasteiger partial charge in [-0.05, 0) is 19.1 Å². The second-order valence-electron chi connectivity index (χ2n) is 4.00. The molecule has 0 spiro atoms. The van der Waals surface area contributed by atoms with E-state index in [1.807, 2.05) is 0 Å². The van der Waals surface area contributed by atoms with E-state index in [-0.39, 0.29) is 23.6 Å². The Balaban J connectivity index is 2.38. The van der Waals surface area contributed by atoms with Gasteiger partial charge in [0.15, 0.2) is 0 Å². The lowest BCUT2D eigenvalue weighted by molar-refractivity contribution is 0.0512. The van der Waals surface area contributed by atoms with Crippen LogP contribution in [0.1, 0.15) is 17.5 Å². The van der Waals surface area contributed by atoms with E-state index in [0.29, 0.717) is 10.2 Å². The third-order valence-electron chi connectivity index (χ3n) is 2.79. The monoisotopic (exact) mass is 274 g/mol. The van der Waals surface area contributed by atoms with Crippen LogP contribution < -0.4 is 5.56 Å². The van der Waals surface area contributed by atoms with E-state index >= 15 is 0 Å². The summed E-state index contributed by atoms with van der Waals surface area (Å²) in [5.74, 6) is -0.940. The van der Waals surface area contributed by atoms with Gasteiger partial charge in [0.05, 0.1) is 12.1 Å². The second kappa shape index (κ2) is 4.34. The molecule has 0 saturated carbocycles. The standard InChI is InChI=1S/C12H10N4O4/c1-2-20-12(18)9-13-10-11(17)16(19)8-6-4-3-5-7(8)15(10)14-9/h3-6,19H,2H2,1H3. The van der Waals surface area contributed by atoms with E-state index in [4.69, 9.17) is 4.74 Å². The van der Waals surface area contributed by atoms with Gasteiger partial charge in [-0.1, -0.05) is 12.1 Å². The lowest BCUT2D eigenvalue weighted by atomic mass is 10.3. The van der Waals surface area contributed by atoms with Gasteiger partial charge < -0.3 is 9.94 Å². The van der Waals surface area contributed by atoms with Crippen molar-refractivity contribution in [1.82, 2.24) is 19.3 Å². The van der Waals surface area contributed by atoms with Crippen molar-refractivity contribution in [1.29, 1.82) is 0 Å². The third kappa shape index (κ3) is 1.62. The van der Waals surface area contributed by atoms with Gasteiger partial charge in [0, 0.05) is 0 Å². The molecule has 0 aliphatic rings. The van der Waals surface area contributed by atoms with Gasteiger partial charge >= 0.3 is 11.5 Å². The average molecular weight is 274 g/mol. The topological polar surface area (TPSA) is 98.7 Å². The molecule has 3 aromatic rings. The van der Waals surface area contributed by atoms with Crippen LogP contribution in [0, 0.1) is 0 Å². The Morgan fingerprint density at radius 2 is 2.05 bits per heavy atom. The molecule has 20 heavy (non-hydrogen) atoms. The summed E-state index contributed by atoms with van der Waals surface area (Å²) in [6, 6.07) is 6.60. The summed E-state index contributed by atoms with van der Waals surface area (Å²) in [5.41, 5.74) is -0.182. The number of fused-ring (bicyclic) bond motifs is 3. The van der Waals surface area contributed by atoms with Gasteiger partial charge in [0.2, 0.25) is 5.65 Å². The van der Waals surface area contributed by atoms with Crippen molar-refractivity contribution in [3.63, 3.8) is 0 Å². The number of aromatic nitrogens is 4. The van der Waals surface area contributed by atoms with E-state index in [1.165, 1.54) is 4.52 Å². The molecule has 102 valence electrons.